The fourth-order valence-electron chi connectivity index (χ4n) is 1.22. The lowest BCUT2D eigenvalue weighted by molar-refractivity contribution is 0.624. The number of hydrogen-bond donors (Lipinski definition) is 1. The van der Waals surface area contributed by atoms with Crippen molar-refractivity contribution in [2.45, 2.75) is 6.92 Å². The molecule has 15 heavy (non-hydrogen) atoms. The molecule has 0 aliphatic heterocycles. The van der Waals surface area contributed by atoms with Gasteiger partial charge >= 0.3 is 0 Å². The summed E-state index contributed by atoms with van der Waals surface area (Å²) in [7, 11) is 0. The number of nitrogen functional groups attached to an aromatic ring is 1. The van der Waals surface area contributed by atoms with E-state index in [4.69, 9.17) is 17.3 Å². The molecule has 0 bridgehead atoms. The molecule has 78 valence electrons. The zero-order chi connectivity index (χ0) is 11.0. The summed E-state index contributed by atoms with van der Waals surface area (Å²) >= 11 is 5.92. The number of halogens is 2. The van der Waals surface area contributed by atoms with Crippen LogP contribution in [0.5, 0.6) is 0 Å². The smallest absolute Gasteiger partial charge is 0.169 e. The fourth-order valence-corrected chi connectivity index (χ4v) is 1.42. The van der Waals surface area contributed by atoms with Crippen LogP contribution in [0.15, 0.2) is 18.2 Å². The first kappa shape index (κ1) is 9.92. The maximum Gasteiger partial charge on any atom is 0.169 e. The van der Waals surface area contributed by atoms with Gasteiger partial charge in [0.2, 0.25) is 0 Å². The van der Waals surface area contributed by atoms with Gasteiger partial charge in [0, 0.05) is 6.07 Å². The molecule has 0 atom stereocenters. The molecule has 0 fully saturated rings. The highest BCUT2D eigenvalue weighted by Gasteiger charge is 2.10. The van der Waals surface area contributed by atoms with Crippen LogP contribution in [-0.2, 0) is 0 Å². The van der Waals surface area contributed by atoms with E-state index in [-0.39, 0.29) is 5.82 Å². The van der Waals surface area contributed by atoms with Gasteiger partial charge in [-0.2, -0.15) is 0 Å². The van der Waals surface area contributed by atoms with Crippen LogP contribution in [0.4, 0.5) is 10.2 Å². The third-order valence-electron chi connectivity index (χ3n) is 2.07. The summed E-state index contributed by atoms with van der Waals surface area (Å²) in [5, 5.41) is 7.84. The van der Waals surface area contributed by atoms with Crippen LogP contribution in [0, 0.1) is 12.7 Å². The Bertz CT molecular complexity index is 509. The summed E-state index contributed by atoms with van der Waals surface area (Å²) in [5.74, 6) is -0.0850. The summed E-state index contributed by atoms with van der Waals surface area (Å²) in [5.41, 5.74) is 6.59. The highest BCUT2D eigenvalue weighted by molar-refractivity contribution is 6.32. The summed E-state index contributed by atoms with van der Waals surface area (Å²) in [6, 6.07) is 4.02. The second kappa shape index (κ2) is 3.51. The number of nitrogens with zero attached hydrogens (tertiary/aromatic N) is 3. The lowest BCUT2D eigenvalue weighted by Gasteiger charge is -2.05. The predicted octanol–water partition coefficient (Wildman–Crippen LogP) is 1.95. The van der Waals surface area contributed by atoms with Crippen LogP contribution in [0.1, 0.15) is 5.69 Å². The molecule has 1 aromatic carbocycles. The van der Waals surface area contributed by atoms with Crippen LogP contribution in [0.2, 0.25) is 5.02 Å². The van der Waals surface area contributed by atoms with E-state index in [1.807, 2.05) is 0 Å². The van der Waals surface area contributed by atoms with Crippen LogP contribution < -0.4 is 5.73 Å². The first-order valence-electron chi connectivity index (χ1n) is 4.23. The van der Waals surface area contributed by atoms with Crippen molar-refractivity contribution in [1.29, 1.82) is 0 Å². The van der Waals surface area contributed by atoms with Crippen LogP contribution in [0.25, 0.3) is 5.69 Å². The molecule has 1 heterocycles. The average Bonchev–Trinajstić information content (AvgIpc) is 2.52. The van der Waals surface area contributed by atoms with Gasteiger partial charge in [0.05, 0.1) is 16.4 Å². The molecule has 1 aromatic heterocycles. The SMILES string of the molecule is Cc1c(N)nnn1-c1cc(F)ccc1Cl. The molecule has 0 radical (unpaired) electrons. The summed E-state index contributed by atoms with van der Waals surface area (Å²) in [6.45, 7) is 1.73. The van der Waals surface area contributed by atoms with Crippen molar-refractivity contribution in [2.75, 3.05) is 5.73 Å². The first-order valence-corrected chi connectivity index (χ1v) is 4.60. The molecule has 2 aromatic rings. The Morgan fingerprint density at radius 1 is 1.47 bits per heavy atom. The number of nitrogens with two attached hydrogens (primary N) is 1. The van der Waals surface area contributed by atoms with Gasteiger partial charge in [0.25, 0.3) is 0 Å². The van der Waals surface area contributed by atoms with E-state index in [1.54, 1.807) is 6.92 Å². The second-order valence-electron chi connectivity index (χ2n) is 3.07. The van der Waals surface area contributed by atoms with E-state index >= 15 is 0 Å². The van der Waals surface area contributed by atoms with Crippen LogP contribution in [-0.4, -0.2) is 15.0 Å². The lowest BCUT2D eigenvalue weighted by atomic mass is 10.3. The van der Waals surface area contributed by atoms with Crippen molar-refractivity contribution in [3.8, 4) is 5.69 Å². The minimum Gasteiger partial charge on any atom is -0.381 e. The number of anilines is 1. The van der Waals surface area contributed by atoms with E-state index < -0.39 is 0 Å². The topological polar surface area (TPSA) is 56.7 Å². The van der Waals surface area contributed by atoms with E-state index in [9.17, 15) is 4.39 Å². The zero-order valence-corrected chi connectivity index (χ0v) is 8.66. The van der Waals surface area contributed by atoms with Gasteiger partial charge < -0.3 is 5.73 Å². The van der Waals surface area contributed by atoms with Gasteiger partial charge in [0.1, 0.15) is 5.82 Å². The van der Waals surface area contributed by atoms with Crippen molar-refractivity contribution in [3.63, 3.8) is 0 Å². The number of rotatable bonds is 1. The minimum absolute atomic E-state index is 0.301. The van der Waals surface area contributed by atoms with E-state index in [2.05, 4.69) is 10.3 Å². The maximum absolute atomic E-state index is 13.0. The van der Waals surface area contributed by atoms with E-state index in [0.29, 0.717) is 22.2 Å². The van der Waals surface area contributed by atoms with Crippen molar-refractivity contribution in [1.82, 2.24) is 15.0 Å². The predicted molar refractivity (Wildman–Crippen MR) is 55.5 cm³/mol. The summed E-state index contributed by atoms with van der Waals surface area (Å²) in [4.78, 5) is 0. The molecular formula is C9H8ClFN4. The molecule has 0 unspecified atom stereocenters. The summed E-state index contributed by atoms with van der Waals surface area (Å²) in [6.07, 6.45) is 0. The van der Waals surface area contributed by atoms with Crippen molar-refractivity contribution < 1.29 is 4.39 Å². The Balaban J connectivity index is 2.63. The Kier molecular flexibility index (Phi) is 2.32. The van der Waals surface area contributed by atoms with Gasteiger partial charge in [0.15, 0.2) is 5.82 Å². The van der Waals surface area contributed by atoms with Gasteiger partial charge in [-0.15, -0.1) is 5.10 Å². The number of hydrogen-bond acceptors (Lipinski definition) is 3. The van der Waals surface area contributed by atoms with Crippen LogP contribution >= 0.6 is 11.6 Å². The van der Waals surface area contributed by atoms with Crippen LogP contribution in [0.3, 0.4) is 0 Å². The molecule has 2 N–H and O–H groups in total. The third kappa shape index (κ3) is 1.66. The van der Waals surface area contributed by atoms with Crippen molar-refractivity contribution in [3.05, 3.63) is 34.7 Å². The molecule has 0 aliphatic carbocycles. The average molecular weight is 227 g/mol. The molecule has 4 nitrogen and oxygen atoms in total. The maximum atomic E-state index is 13.0. The Morgan fingerprint density at radius 2 is 2.20 bits per heavy atom. The Hall–Kier alpha value is -1.62. The Morgan fingerprint density at radius 3 is 2.80 bits per heavy atom. The molecule has 6 heteroatoms. The van der Waals surface area contributed by atoms with Gasteiger partial charge in [-0.05, 0) is 19.1 Å². The van der Waals surface area contributed by atoms with Gasteiger partial charge in [-0.3, -0.25) is 0 Å². The molecule has 0 aliphatic rings. The fraction of sp³-hybridized carbons (Fsp3) is 0.111. The highest BCUT2D eigenvalue weighted by atomic mass is 35.5. The largest absolute Gasteiger partial charge is 0.381 e. The van der Waals surface area contributed by atoms with E-state index in [0.717, 1.165) is 0 Å². The molecule has 2 rings (SSSR count). The van der Waals surface area contributed by atoms with Gasteiger partial charge in [-0.1, -0.05) is 16.8 Å². The van der Waals surface area contributed by atoms with E-state index in [1.165, 1.54) is 22.9 Å². The highest BCUT2D eigenvalue weighted by Crippen LogP contribution is 2.22. The quantitative estimate of drug-likeness (QED) is 0.809. The molecular weight excluding hydrogens is 219 g/mol. The molecule has 0 saturated heterocycles. The zero-order valence-electron chi connectivity index (χ0n) is 7.91. The molecule has 0 amide bonds. The first-order chi connectivity index (χ1) is 7.09. The monoisotopic (exact) mass is 226 g/mol. The Labute approximate surface area is 90.5 Å². The van der Waals surface area contributed by atoms with Crippen molar-refractivity contribution >= 4 is 17.4 Å². The standard InChI is InChI=1S/C9H8ClFN4/c1-5-9(12)13-14-15(5)8-4-6(11)2-3-7(8)10/h2-4H,12H2,1H3. The normalized spacial score (nSPS) is 10.6. The lowest BCUT2D eigenvalue weighted by Crippen LogP contribution is -2.01. The third-order valence-corrected chi connectivity index (χ3v) is 2.39. The minimum atomic E-state index is -0.386. The number of aromatic nitrogens is 3. The molecule has 0 spiro atoms. The number of benzene rings is 1. The van der Waals surface area contributed by atoms with Crippen molar-refractivity contribution in [2.24, 2.45) is 0 Å². The van der Waals surface area contributed by atoms with Gasteiger partial charge in [-0.25, -0.2) is 9.07 Å². The molecule has 0 saturated carbocycles. The second-order valence-corrected chi connectivity index (χ2v) is 3.47. The summed E-state index contributed by atoms with van der Waals surface area (Å²) < 4.78 is 14.4.